The van der Waals surface area contributed by atoms with Crippen molar-refractivity contribution in [3.8, 4) is 17.1 Å². The number of nitrogens with two attached hydrogens (primary N) is 1. The number of nitrogens with one attached hydrogen (secondary N) is 1. The molecule has 0 fully saturated rings. The van der Waals surface area contributed by atoms with Crippen LogP contribution in [0.5, 0.6) is 5.75 Å². The molecule has 1 atom stereocenters. The highest BCUT2D eigenvalue weighted by molar-refractivity contribution is 5.95. The normalized spacial score (nSPS) is 12.2. The minimum atomic E-state index is -0.528. The molecule has 1 amide bonds. The quantitative estimate of drug-likeness (QED) is 0.819. The Morgan fingerprint density at radius 1 is 1.43 bits per heavy atom. The van der Waals surface area contributed by atoms with Crippen LogP contribution >= 0.6 is 0 Å². The number of anilines is 1. The van der Waals surface area contributed by atoms with Crippen molar-refractivity contribution in [2.24, 2.45) is 11.7 Å². The molecule has 3 N–H and O–H groups in total. The number of aromatic nitrogens is 1. The van der Waals surface area contributed by atoms with Gasteiger partial charge in [-0.05, 0) is 31.4 Å². The summed E-state index contributed by atoms with van der Waals surface area (Å²) in [5.41, 5.74) is 7.33. The van der Waals surface area contributed by atoms with E-state index in [0.29, 0.717) is 36.1 Å². The molecule has 23 heavy (non-hydrogen) atoms. The average molecular weight is 317 g/mol. The summed E-state index contributed by atoms with van der Waals surface area (Å²) in [6, 6.07) is 4.86. The second-order valence-electron chi connectivity index (χ2n) is 5.73. The van der Waals surface area contributed by atoms with E-state index < -0.39 is 6.04 Å². The van der Waals surface area contributed by atoms with Gasteiger partial charge >= 0.3 is 0 Å². The number of ether oxygens (including phenoxy) is 1. The smallest absolute Gasteiger partial charge is 0.241 e. The molecule has 6 heteroatoms. The molecule has 6 nitrogen and oxygen atoms in total. The third-order valence-corrected chi connectivity index (χ3v) is 3.31. The summed E-state index contributed by atoms with van der Waals surface area (Å²) < 4.78 is 10.9. The lowest BCUT2D eigenvalue weighted by Gasteiger charge is -2.15. The maximum Gasteiger partial charge on any atom is 0.241 e. The average Bonchev–Trinajstić information content (AvgIpc) is 3.01. The Labute approximate surface area is 136 Å². The Hall–Kier alpha value is -2.34. The molecule has 0 saturated carbocycles. The van der Waals surface area contributed by atoms with E-state index >= 15 is 0 Å². The van der Waals surface area contributed by atoms with Gasteiger partial charge in [-0.15, -0.1) is 0 Å². The van der Waals surface area contributed by atoms with E-state index in [1.807, 2.05) is 26.8 Å². The Morgan fingerprint density at radius 2 is 2.22 bits per heavy atom. The van der Waals surface area contributed by atoms with Crippen LogP contribution in [-0.2, 0) is 4.79 Å². The molecule has 2 rings (SSSR count). The fourth-order valence-corrected chi connectivity index (χ4v) is 2.28. The first-order chi connectivity index (χ1) is 11.0. The molecular weight excluding hydrogens is 294 g/mol. The van der Waals surface area contributed by atoms with E-state index in [1.54, 1.807) is 18.3 Å². The van der Waals surface area contributed by atoms with Crippen molar-refractivity contribution in [2.45, 2.75) is 33.2 Å². The fourth-order valence-electron chi connectivity index (χ4n) is 2.28. The summed E-state index contributed by atoms with van der Waals surface area (Å²) in [5, 5.41) is 2.83. The van der Waals surface area contributed by atoms with Gasteiger partial charge in [0.05, 0.1) is 24.4 Å². The van der Waals surface area contributed by atoms with Gasteiger partial charge in [0.15, 0.2) is 12.2 Å². The van der Waals surface area contributed by atoms with Crippen LogP contribution in [-0.4, -0.2) is 23.5 Å². The molecule has 0 spiro atoms. The SMILES string of the molecule is CCOc1cc(NC(=O)[C@H](N)CC(C)C)ccc1-c1cnco1. The number of rotatable bonds is 7. The van der Waals surface area contributed by atoms with E-state index in [0.717, 1.165) is 5.56 Å². The standard InChI is InChI=1S/C17H23N3O3/c1-4-22-15-8-12(20-17(21)14(18)7-11(2)3)5-6-13(15)16-9-19-10-23-16/h5-6,8-11,14H,4,7,18H2,1-3H3,(H,20,21)/t14-/m1/s1. The zero-order chi connectivity index (χ0) is 16.8. The van der Waals surface area contributed by atoms with Crippen LogP contribution in [0, 0.1) is 5.92 Å². The first-order valence-corrected chi connectivity index (χ1v) is 7.73. The first kappa shape index (κ1) is 17.0. The Kier molecular flexibility index (Phi) is 5.76. The Bertz CT molecular complexity index is 639. The van der Waals surface area contributed by atoms with Crippen LogP contribution in [0.15, 0.2) is 35.2 Å². The minimum absolute atomic E-state index is 0.200. The maximum atomic E-state index is 12.1. The highest BCUT2D eigenvalue weighted by Crippen LogP contribution is 2.32. The third kappa shape index (κ3) is 4.56. The Morgan fingerprint density at radius 3 is 2.83 bits per heavy atom. The molecule has 0 bridgehead atoms. The van der Waals surface area contributed by atoms with Crippen molar-refractivity contribution in [1.82, 2.24) is 4.98 Å². The largest absolute Gasteiger partial charge is 0.493 e. The van der Waals surface area contributed by atoms with Crippen LogP contribution in [0.1, 0.15) is 27.2 Å². The number of hydrogen-bond donors (Lipinski definition) is 2. The Balaban J connectivity index is 2.17. The van der Waals surface area contributed by atoms with Gasteiger partial charge in [0.25, 0.3) is 0 Å². The van der Waals surface area contributed by atoms with Gasteiger partial charge in [-0.25, -0.2) is 4.98 Å². The number of nitrogens with zero attached hydrogens (tertiary/aromatic N) is 1. The van der Waals surface area contributed by atoms with Crippen LogP contribution in [0.2, 0.25) is 0 Å². The molecule has 0 aliphatic carbocycles. The van der Waals surface area contributed by atoms with Crippen LogP contribution in [0.3, 0.4) is 0 Å². The highest BCUT2D eigenvalue weighted by Gasteiger charge is 2.16. The van der Waals surface area contributed by atoms with Gasteiger partial charge in [0, 0.05) is 11.8 Å². The summed E-state index contributed by atoms with van der Waals surface area (Å²) in [6.45, 7) is 6.47. The zero-order valence-electron chi connectivity index (χ0n) is 13.7. The monoisotopic (exact) mass is 317 g/mol. The molecule has 1 aromatic heterocycles. The van der Waals surface area contributed by atoms with E-state index in [1.165, 1.54) is 6.39 Å². The van der Waals surface area contributed by atoms with Gasteiger partial charge in [-0.1, -0.05) is 13.8 Å². The minimum Gasteiger partial charge on any atom is -0.493 e. The van der Waals surface area contributed by atoms with Crippen LogP contribution in [0.25, 0.3) is 11.3 Å². The number of carbonyl (C=O) groups is 1. The molecule has 124 valence electrons. The molecular formula is C17H23N3O3. The second-order valence-corrected chi connectivity index (χ2v) is 5.73. The number of benzene rings is 1. The second kappa shape index (κ2) is 7.78. The molecule has 2 aromatic rings. The van der Waals surface area contributed by atoms with E-state index in [-0.39, 0.29) is 5.91 Å². The van der Waals surface area contributed by atoms with Crippen molar-refractivity contribution in [3.05, 3.63) is 30.8 Å². The zero-order valence-corrected chi connectivity index (χ0v) is 13.7. The third-order valence-electron chi connectivity index (χ3n) is 3.31. The van der Waals surface area contributed by atoms with Crippen molar-refractivity contribution >= 4 is 11.6 Å². The van der Waals surface area contributed by atoms with Gasteiger partial charge in [0.2, 0.25) is 5.91 Å². The van der Waals surface area contributed by atoms with Gasteiger partial charge in [0.1, 0.15) is 5.75 Å². The topological polar surface area (TPSA) is 90.4 Å². The first-order valence-electron chi connectivity index (χ1n) is 7.73. The van der Waals surface area contributed by atoms with E-state index in [2.05, 4.69) is 10.3 Å². The van der Waals surface area contributed by atoms with Gasteiger partial charge in [-0.2, -0.15) is 0 Å². The highest BCUT2D eigenvalue weighted by atomic mass is 16.5. The molecule has 0 aliphatic heterocycles. The molecule has 1 aromatic carbocycles. The van der Waals surface area contributed by atoms with E-state index in [4.69, 9.17) is 14.9 Å². The lowest BCUT2D eigenvalue weighted by atomic mass is 10.0. The fraction of sp³-hybridized carbons (Fsp3) is 0.412. The number of amides is 1. The lowest BCUT2D eigenvalue weighted by Crippen LogP contribution is -2.36. The molecule has 0 unspecified atom stereocenters. The molecule has 0 radical (unpaired) electrons. The number of hydrogen-bond acceptors (Lipinski definition) is 5. The summed E-state index contributed by atoms with van der Waals surface area (Å²) in [7, 11) is 0. The van der Waals surface area contributed by atoms with Crippen LogP contribution < -0.4 is 15.8 Å². The van der Waals surface area contributed by atoms with E-state index in [9.17, 15) is 4.79 Å². The predicted octanol–water partition coefficient (Wildman–Crippen LogP) is 3.05. The number of carbonyl (C=O) groups excluding carboxylic acids is 1. The summed E-state index contributed by atoms with van der Waals surface area (Å²) >= 11 is 0. The van der Waals surface area contributed by atoms with Gasteiger partial charge in [-0.3, -0.25) is 4.79 Å². The van der Waals surface area contributed by atoms with Crippen molar-refractivity contribution in [3.63, 3.8) is 0 Å². The number of oxazole rings is 1. The van der Waals surface area contributed by atoms with Crippen LogP contribution in [0.4, 0.5) is 5.69 Å². The molecule has 1 heterocycles. The van der Waals surface area contributed by atoms with Crippen molar-refractivity contribution < 1.29 is 13.9 Å². The summed E-state index contributed by atoms with van der Waals surface area (Å²) in [4.78, 5) is 16.0. The molecule has 0 aliphatic rings. The van der Waals surface area contributed by atoms with Crippen molar-refractivity contribution in [2.75, 3.05) is 11.9 Å². The summed E-state index contributed by atoms with van der Waals surface area (Å²) in [5.74, 6) is 1.40. The molecule has 0 saturated heterocycles. The lowest BCUT2D eigenvalue weighted by molar-refractivity contribution is -0.117. The predicted molar refractivity (Wildman–Crippen MR) is 89.2 cm³/mol. The maximum absolute atomic E-state index is 12.1. The summed E-state index contributed by atoms with van der Waals surface area (Å²) in [6.07, 6.45) is 3.63. The van der Waals surface area contributed by atoms with Gasteiger partial charge < -0.3 is 20.2 Å². The van der Waals surface area contributed by atoms with Crippen molar-refractivity contribution in [1.29, 1.82) is 0 Å².